The molecule has 0 radical (unpaired) electrons. The van der Waals surface area contributed by atoms with Gasteiger partial charge < -0.3 is 14.8 Å². The largest absolute Gasteiger partial charge is 0.495 e. The number of amides is 1. The van der Waals surface area contributed by atoms with Gasteiger partial charge in [-0.25, -0.2) is 4.39 Å². The maximum absolute atomic E-state index is 14.0. The average Bonchev–Trinajstić information content (AvgIpc) is 3.34. The Kier molecular flexibility index (Phi) is 6.96. The van der Waals surface area contributed by atoms with Crippen molar-refractivity contribution in [3.63, 3.8) is 0 Å². The van der Waals surface area contributed by atoms with Gasteiger partial charge in [-0.05, 0) is 55.2 Å². The van der Waals surface area contributed by atoms with Gasteiger partial charge in [0.15, 0.2) is 0 Å². The summed E-state index contributed by atoms with van der Waals surface area (Å²) in [6, 6.07) is 20.4. The zero-order valence-corrected chi connectivity index (χ0v) is 19.3. The summed E-state index contributed by atoms with van der Waals surface area (Å²) in [6.07, 6.45) is 1.57. The number of hydrogen-bond acceptors (Lipinski definition) is 4. The zero-order valence-electron chi connectivity index (χ0n) is 19.3. The molecule has 1 N–H and O–H groups in total. The first-order valence-electron chi connectivity index (χ1n) is 11.4. The molecule has 34 heavy (non-hydrogen) atoms. The van der Waals surface area contributed by atoms with Crippen LogP contribution in [0.1, 0.15) is 48.5 Å². The lowest BCUT2D eigenvalue weighted by atomic mass is 9.79. The number of aryl methyl sites for hydroxylation is 1. The third-order valence-electron chi connectivity index (χ3n) is 6.40. The van der Waals surface area contributed by atoms with Gasteiger partial charge in [0.05, 0.1) is 18.2 Å². The summed E-state index contributed by atoms with van der Waals surface area (Å²) in [5.74, 6) is -0.906. The lowest BCUT2D eigenvalue weighted by molar-refractivity contribution is -0.160. The van der Waals surface area contributed by atoms with E-state index in [1.54, 1.807) is 48.5 Å². The topological polar surface area (TPSA) is 64.6 Å². The van der Waals surface area contributed by atoms with Crippen LogP contribution in [0.4, 0.5) is 10.1 Å². The number of rotatable bonds is 7. The number of esters is 1. The van der Waals surface area contributed by atoms with Crippen molar-refractivity contribution in [2.45, 2.75) is 44.1 Å². The van der Waals surface area contributed by atoms with Crippen molar-refractivity contribution >= 4 is 17.6 Å². The molecule has 4 rings (SSSR count). The zero-order chi connectivity index (χ0) is 24.1. The summed E-state index contributed by atoms with van der Waals surface area (Å²) in [5, 5.41) is 2.86. The molecule has 0 aliphatic heterocycles. The number of halogens is 1. The van der Waals surface area contributed by atoms with Crippen molar-refractivity contribution in [2.75, 3.05) is 12.4 Å². The van der Waals surface area contributed by atoms with E-state index in [-0.39, 0.29) is 0 Å². The first-order valence-corrected chi connectivity index (χ1v) is 11.4. The van der Waals surface area contributed by atoms with Gasteiger partial charge in [0.25, 0.3) is 5.91 Å². The second-order valence-electron chi connectivity index (χ2n) is 8.69. The molecule has 6 heteroatoms. The molecule has 0 heterocycles. The quantitative estimate of drug-likeness (QED) is 0.447. The van der Waals surface area contributed by atoms with Crippen molar-refractivity contribution in [1.82, 2.24) is 0 Å². The number of ether oxygens (including phenoxy) is 2. The van der Waals surface area contributed by atoms with Gasteiger partial charge in [-0.15, -0.1) is 0 Å². The third-order valence-corrected chi connectivity index (χ3v) is 6.40. The minimum Gasteiger partial charge on any atom is -0.495 e. The summed E-state index contributed by atoms with van der Waals surface area (Å²) in [4.78, 5) is 27.1. The van der Waals surface area contributed by atoms with E-state index in [2.05, 4.69) is 5.32 Å². The highest BCUT2D eigenvalue weighted by atomic mass is 19.1. The monoisotopic (exact) mass is 461 g/mol. The predicted octanol–water partition coefficient (Wildman–Crippen LogP) is 5.88. The first kappa shape index (κ1) is 23.5. The van der Waals surface area contributed by atoms with Crippen molar-refractivity contribution in [3.05, 3.63) is 95.3 Å². The minimum atomic E-state index is -1.18. The number of carbonyl (C=O) groups is 2. The van der Waals surface area contributed by atoms with Crippen molar-refractivity contribution in [1.29, 1.82) is 0 Å². The fraction of sp³-hybridized carbons (Fsp3) is 0.286. The Morgan fingerprint density at radius 2 is 1.71 bits per heavy atom. The van der Waals surface area contributed by atoms with Crippen LogP contribution in [-0.2, 0) is 19.7 Å². The molecule has 1 fully saturated rings. The molecule has 0 aromatic heterocycles. The van der Waals surface area contributed by atoms with Crippen LogP contribution in [0.5, 0.6) is 5.75 Å². The molecule has 1 aliphatic rings. The van der Waals surface area contributed by atoms with Crippen molar-refractivity contribution in [3.8, 4) is 5.75 Å². The first-order chi connectivity index (χ1) is 16.4. The van der Waals surface area contributed by atoms with Crippen LogP contribution in [0.15, 0.2) is 72.8 Å². The van der Waals surface area contributed by atoms with Gasteiger partial charge >= 0.3 is 5.97 Å². The number of methoxy groups -OCH3 is 1. The van der Waals surface area contributed by atoms with Crippen LogP contribution in [0, 0.1) is 12.7 Å². The van der Waals surface area contributed by atoms with Gasteiger partial charge in [0.1, 0.15) is 11.6 Å². The molecule has 176 valence electrons. The molecule has 1 saturated carbocycles. The highest BCUT2D eigenvalue weighted by Gasteiger charge is 2.46. The Hall–Kier alpha value is -3.67. The molecule has 5 nitrogen and oxygen atoms in total. The van der Waals surface area contributed by atoms with E-state index in [0.29, 0.717) is 35.4 Å². The number of benzene rings is 3. The summed E-state index contributed by atoms with van der Waals surface area (Å²) in [7, 11) is 1.53. The fourth-order valence-electron chi connectivity index (χ4n) is 4.61. The van der Waals surface area contributed by atoms with E-state index in [4.69, 9.17) is 9.47 Å². The Bertz CT molecular complexity index is 1170. The SMILES string of the molecule is COc1ccc(C)cc1NC(=O)[C@@H](OC(=O)C1(c2cccc(F)c2)CCCC1)c1ccccc1. The van der Waals surface area contributed by atoms with Crippen LogP contribution >= 0.6 is 0 Å². The smallest absolute Gasteiger partial charge is 0.317 e. The maximum Gasteiger partial charge on any atom is 0.317 e. The van der Waals surface area contributed by atoms with Crippen molar-refractivity contribution in [2.24, 2.45) is 0 Å². The highest BCUT2D eigenvalue weighted by Crippen LogP contribution is 2.43. The Labute approximate surface area is 198 Å². The van der Waals surface area contributed by atoms with E-state index < -0.39 is 29.2 Å². The third kappa shape index (κ3) is 4.81. The standard InChI is InChI=1S/C28H28FNO4/c1-19-13-14-24(33-2)23(17-19)30-26(31)25(20-9-4-3-5-10-20)34-27(32)28(15-6-7-16-28)21-11-8-12-22(29)18-21/h3-5,8-14,17-18,25H,6-7,15-16H2,1-2H3,(H,30,31)/t25-/m0/s1. The van der Waals surface area contributed by atoms with Gasteiger partial charge in [-0.3, -0.25) is 9.59 Å². The van der Waals surface area contributed by atoms with Crippen molar-refractivity contribution < 1.29 is 23.5 Å². The molecule has 1 amide bonds. The second kappa shape index (κ2) is 10.1. The second-order valence-corrected chi connectivity index (χ2v) is 8.69. The van der Waals surface area contributed by atoms with Crippen LogP contribution in [0.25, 0.3) is 0 Å². The number of carbonyl (C=O) groups excluding carboxylic acids is 2. The molecule has 3 aromatic rings. The van der Waals surface area contributed by atoms with E-state index in [9.17, 15) is 14.0 Å². The van der Waals surface area contributed by atoms with E-state index in [0.717, 1.165) is 18.4 Å². The normalized spacial score (nSPS) is 15.4. The van der Waals surface area contributed by atoms with E-state index >= 15 is 0 Å². The summed E-state index contributed by atoms with van der Waals surface area (Å²) < 4.78 is 25.3. The van der Waals surface area contributed by atoms with Gasteiger partial charge in [0.2, 0.25) is 6.10 Å². The molecule has 1 atom stereocenters. The van der Waals surface area contributed by atoms with Gasteiger partial charge in [-0.2, -0.15) is 0 Å². The summed E-state index contributed by atoms with van der Waals surface area (Å²) in [5.41, 5.74) is 1.59. The molecule has 0 unspecified atom stereocenters. The molecule has 0 bridgehead atoms. The molecule has 0 saturated heterocycles. The molecule has 0 spiro atoms. The molecular weight excluding hydrogens is 433 g/mol. The van der Waals surface area contributed by atoms with Gasteiger partial charge in [-0.1, -0.05) is 61.4 Å². The fourth-order valence-corrected chi connectivity index (χ4v) is 4.61. The van der Waals surface area contributed by atoms with E-state index in [1.165, 1.54) is 19.2 Å². The Morgan fingerprint density at radius 3 is 2.38 bits per heavy atom. The molecule has 1 aliphatic carbocycles. The molecule has 3 aromatic carbocycles. The van der Waals surface area contributed by atoms with Crippen LogP contribution < -0.4 is 10.1 Å². The number of hydrogen-bond donors (Lipinski definition) is 1. The van der Waals surface area contributed by atoms with Crippen LogP contribution in [-0.4, -0.2) is 19.0 Å². The average molecular weight is 462 g/mol. The molecular formula is C28H28FNO4. The Balaban J connectivity index is 1.66. The Morgan fingerprint density at radius 1 is 0.971 bits per heavy atom. The minimum absolute atomic E-state index is 0.402. The highest BCUT2D eigenvalue weighted by molar-refractivity contribution is 5.98. The number of anilines is 1. The predicted molar refractivity (Wildman–Crippen MR) is 128 cm³/mol. The lowest BCUT2D eigenvalue weighted by Gasteiger charge is -2.30. The lowest BCUT2D eigenvalue weighted by Crippen LogP contribution is -2.38. The summed E-state index contributed by atoms with van der Waals surface area (Å²) in [6.45, 7) is 1.91. The summed E-state index contributed by atoms with van der Waals surface area (Å²) >= 11 is 0. The number of nitrogens with one attached hydrogen (secondary N) is 1. The maximum atomic E-state index is 14.0. The van der Waals surface area contributed by atoms with Crippen LogP contribution in [0.3, 0.4) is 0 Å². The van der Waals surface area contributed by atoms with E-state index in [1.807, 2.05) is 19.1 Å². The van der Waals surface area contributed by atoms with Gasteiger partial charge in [0, 0.05) is 5.56 Å². The van der Waals surface area contributed by atoms with Crippen LogP contribution in [0.2, 0.25) is 0 Å².